The molecule has 0 heterocycles. The lowest BCUT2D eigenvalue weighted by atomic mass is 10.2. The predicted molar refractivity (Wildman–Crippen MR) is 61.9 cm³/mol. The van der Waals surface area contributed by atoms with Gasteiger partial charge in [-0.25, -0.2) is 0 Å². The van der Waals surface area contributed by atoms with Gasteiger partial charge in [-0.05, 0) is 13.0 Å². The number of hydrogen-bond acceptors (Lipinski definition) is 3. The largest absolute Gasteiger partial charge is 0.370 e. The maximum atomic E-state index is 11.2. The van der Waals surface area contributed by atoms with E-state index in [0.717, 1.165) is 19.5 Å². The summed E-state index contributed by atoms with van der Waals surface area (Å²) < 4.78 is 0. The van der Waals surface area contributed by atoms with Crippen molar-refractivity contribution >= 4 is 11.7 Å². The molecule has 0 bridgehead atoms. The Morgan fingerprint density at radius 1 is 1.47 bits per heavy atom. The summed E-state index contributed by atoms with van der Waals surface area (Å²) in [6.45, 7) is 6.89. The van der Waals surface area contributed by atoms with Crippen molar-refractivity contribution in [1.29, 1.82) is 5.41 Å². The second-order valence-electron chi connectivity index (χ2n) is 3.46. The molecule has 0 spiro atoms. The summed E-state index contributed by atoms with van der Waals surface area (Å²) in [5, 5.41) is 9.71. The van der Waals surface area contributed by atoms with Gasteiger partial charge in [0.25, 0.3) is 0 Å². The van der Waals surface area contributed by atoms with E-state index in [0.29, 0.717) is 19.5 Å². The molecular weight excluding hydrogens is 192 g/mol. The summed E-state index contributed by atoms with van der Waals surface area (Å²) in [4.78, 5) is 13.3. The fourth-order valence-electron chi connectivity index (χ4n) is 1.24. The van der Waals surface area contributed by atoms with E-state index < -0.39 is 0 Å². The lowest BCUT2D eigenvalue weighted by Crippen LogP contribution is -2.35. The predicted octanol–water partition coefficient (Wildman–Crippen LogP) is 0.161. The van der Waals surface area contributed by atoms with Gasteiger partial charge in [-0.1, -0.05) is 13.8 Å². The summed E-state index contributed by atoms with van der Waals surface area (Å²) in [7, 11) is 0. The lowest BCUT2D eigenvalue weighted by Gasteiger charge is -2.19. The van der Waals surface area contributed by atoms with Crippen LogP contribution in [-0.2, 0) is 4.79 Å². The van der Waals surface area contributed by atoms with Crippen LogP contribution in [0.1, 0.15) is 26.7 Å². The van der Waals surface area contributed by atoms with Crippen molar-refractivity contribution in [1.82, 2.24) is 10.2 Å². The number of hydrogen-bond donors (Lipinski definition) is 3. The highest BCUT2D eigenvalue weighted by Gasteiger charge is 2.06. The number of ketones is 1. The third kappa shape index (κ3) is 7.93. The summed E-state index contributed by atoms with van der Waals surface area (Å²) in [6, 6.07) is 0. The molecule has 5 heteroatoms. The molecule has 0 saturated heterocycles. The third-order valence-electron chi connectivity index (χ3n) is 2.21. The first kappa shape index (κ1) is 13.9. The van der Waals surface area contributed by atoms with Crippen LogP contribution in [0.4, 0.5) is 0 Å². The van der Waals surface area contributed by atoms with Crippen molar-refractivity contribution in [3.05, 3.63) is 0 Å². The molecule has 4 N–H and O–H groups in total. The number of guanidine groups is 1. The van der Waals surface area contributed by atoms with E-state index in [9.17, 15) is 4.79 Å². The molecule has 0 unspecified atom stereocenters. The fourth-order valence-corrected chi connectivity index (χ4v) is 1.24. The van der Waals surface area contributed by atoms with E-state index in [2.05, 4.69) is 10.2 Å². The number of nitrogens with zero attached hydrogens (tertiary/aromatic N) is 1. The molecule has 0 fully saturated rings. The highest BCUT2D eigenvalue weighted by atomic mass is 16.1. The summed E-state index contributed by atoms with van der Waals surface area (Å²) in [5.74, 6) is 0.277. The minimum Gasteiger partial charge on any atom is -0.370 e. The lowest BCUT2D eigenvalue weighted by molar-refractivity contribution is -0.119. The Hall–Kier alpha value is -1.10. The molecule has 0 rings (SSSR count). The normalized spacial score (nSPS) is 10.3. The van der Waals surface area contributed by atoms with Gasteiger partial charge in [0.2, 0.25) is 0 Å². The average molecular weight is 214 g/mol. The van der Waals surface area contributed by atoms with E-state index in [-0.39, 0.29) is 11.7 Å². The number of rotatable bonds is 8. The van der Waals surface area contributed by atoms with E-state index in [1.807, 2.05) is 13.8 Å². The maximum absolute atomic E-state index is 11.2. The zero-order valence-electron chi connectivity index (χ0n) is 9.68. The zero-order valence-corrected chi connectivity index (χ0v) is 9.68. The van der Waals surface area contributed by atoms with Crippen molar-refractivity contribution in [2.75, 3.05) is 26.2 Å². The third-order valence-corrected chi connectivity index (χ3v) is 2.21. The van der Waals surface area contributed by atoms with Crippen LogP contribution in [0.15, 0.2) is 0 Å². The van der Waals surface area contributed by atoms with E-state index >= 15 is 0 Å². The Balaban J connectivity index is 3.61. The molecule has 0 aromatic heterocycles. The highest BCUT2D eigenvalue weighted by Crippen LogP contribution is 1.93. The smallest absolute Gasteiger partial charge is 0.185 e. The molecule has 0 amide bonds. The first-order valence-electron chi connectivity index (χ1n) is 5.42. The number of nitrogens with two attached hydrogens (primary N) is 1. The van der Waals surface area contributed by atoms with Gasteiger partial charge in [0.15, 0.2) is 5.96 Å². The Morgan fingerprint density at radius 3 is 2.60 bits per heavy atom. The van der Waals surface area contributed by atoms with Gasteiger partial charge < -0.3 is 11.1 Å². The van der Waals surface area contributed by atoms with Crippen molar-refractivity contribution in [2.45, 2.75) is 26.7 Å². The number of carbonyl (C=O) groups is 1. The average Bonchev–Trinajstić information content (AvgIpc) is 2.21. The first-order valence-corrected chi connectivity index (χ1v) is 5.42. The highest BCUT2D eigenvalue weighted by molar-refractivity contribution is 5.80. The number of Topliss-reactive ketones (excluding diaryl/α,β-unsaturated/α-hetero) is 1. The van der Waals surface area contributed by atoms with Crippen LogP contribution in [0.3, 0.4) is 0 Å². The molecule has 15 heavy (non-hydrogen) atoms. The molecule has 0 aromatic rings. The molecule has 0 aliphatic carbocycles. The molecule has 0 atom stereocenters. The molecule has 0 radical (unpaired) electrons. The molecule has 0 saturated carbocycles. The van der Waals surface area contributed by atoms with E-state index in [1.165, 1.54) is 0 Å². The molecule has 88 valence electrons. The van der Waals surface area contributed by atoms with Crippen LogP contribution in [0.5, 0.6) is 0 Å². The topological polar surface area (TPSA) is 82.2 Å². The monoisotopic (exact) mass is 214 g/mol. The van der Waals surface area contributed by atoms with Crippen LogP contribution in [0.2, 0.25) is 0 Å². The van der Waals surface area contributed by atoms with Crippen LogP contribution in [0.25, 0.3) is 0 Å². The Morgan fingerprint density at radius 2 is 2.13 bits per heavy atom. The van der Waals surface area contributed by atoms with Gasteiger partial charge in [0.05, 0.1) is 6.54 Å². The molecule has 0 aliphatic heterocycles. The van der Waals surface area contributed by atoms with Crippen LogP contribution >= 0.6 is 0 Å². The van der Waals surface area contributed by atoms with Crippen LogP contribution in [-0.4, -0.2) is 42.8 Å². The Kier molecular flexibility index (Phi) is 7.62. The molecule has 5 nitrogen and oxygen atoms in total. The second kappa shape index (κ2) is 8.23. The quantitative estimate of drug-likeness (QED) is 0.305. The van der Waals surface area contributed by atoms with Gasteiger partial charge >= 0.3 is 0 Å². The fraction of sp³-hybridized carbons (Fsp3) is 0.800. The van der Waals surface area contributed by atoms with Crippen LogP contribution in [0, 0.1) is 5.41 Å². The SMILES string of the molecule is CCC(=O)CN(CC)CCCNC(=N)N. The number of nitrogens with one attached hydrogen (secondary N) is 2. The summed E-state index contributed by atoms with van der Waals surface area (Å²) in [5.41, 5.74) is 5.15. The summed E-state index contributed by atoms with van der Waals surface area (Å²) >= 11 is 0. The maximum Gasteiger partial charge on any atom is 0.185 e. The summed E-state index contributed by atoms with van der Waals surface area (Å²) in [6.07, 6.45) is 1.49. The van der Waals surface area contributed by atoms with E-state index in [1.54, 1.807) is 0 Å². The number of likely N-dealkylation sites (N-methyl/N-ethyl adjacent to an activating group) is 1. The van der Waals surface area contributed by atoms with Crippen molar-refractivity contribution < 1.29 is 4.79 Å². The van der Waals surface area contributed by atoms with E-state index in [4.69, 9.17) is 11.1 Å². The minimum atomic E-state index is 0.00248. The van der Waals surface area contributed by atoms with Crippen molar-refractivity contribution in [2.24, 2.45) is 5.73 Å². The minimum absolute atomic E-state index is 0.00248. The van der Waals surface area contributed by atoms with Crippen LogP contribution < -0.4 is 11.1 Å². The van der Waals surface area contributed by atoms with Gasteiger partial charge in [0, 0.05) is 19.5 Å². The molecule has 0 aliphatic rings. The Labute approximate surface area is 91.5 Å². The standard InChI is InChI=1S/C10H22N4O/c1-3-9(15)8-14(4-2)7-5-6-13-10(11)12/h3-8H2,1-2H3,(H4,11,12,13). The number of carbonyl (C=O) groups excluding carboxylic acids is 1. The van der Waals surface area contributed by atoms with Gasteiger partial charge in [-0.3, -0.25) is 15.1 Å². The second-order valence-corrected chi connectivity index (χ2v) is 3.46. The zero-order chi connectivity index (χ0) is 11.7. The van der Waals surface area contributed by atoms with Gasteiger partial charge in [0.1, 0.15) is 5.78 Å². The molecular formula is C10H22N4O. The molecule has 0 aromatic carbocycles. The first-order chi connectivity index (χ1) is 7.10. The Bertz CT molecular complexity index is 206. The van der Waals surface area contributed by atoms with Crippen molar-refractivity contribution in [3.63, 3.8) is 0 Å². The van der Waals surface area contributed by atoms with Gasteiger partial charge in [-0.15, -0.1) is 0 Å². The van der Waals surface area contributed by atoms with Crippen molar-refractivity contribution in [3.8, 4) is 0 Å². The van der Waals surface area contributed by atoms with Gasteiger partial charge in [-0.2, -0.15) is 0 Å².